The van der Waals surface area contributed by atoms with Gasteiger partial charge in [-0.15, -0.1) is 0 Å². The van der Waals surface area contributed by atoms with E-state index in [2.05, 4.69) is 10.8 Å². The third kappa shape index (κ3) is 4.78. The maximum atomic E-state index is 10.2. The zero-order valence-electron chi connectivity index (χ0n) is 7.64. The normalized spacial score (nSPS) is 10.1. The fourth-order valence-electron chi connectivity index (χ4n) is 0.777. The van der Waals surface area contributed by atoms with E-state index in [1.165, 1.54) is 12.1 Å². The minimum Gasteiger partial charge on any atom is -0.716 e. The van der Waals surface area contributed by atoms with Crippen LogP contribution in [0.2, 0.25) is 0 Å². The van der Waals surface area contributed by atoms with Gasteiger partial charge >= 0.3 is 29.6 Å². The molecule has 0 fully saturated rings. The summed E-state index contributed by atoms with van der Waals surface area (Å²) in [5.74, 6) is 0.000556. The molecule has 0 aromatic heterocycles. The van der Waals surface area contributed by atoms with Crippen molar-refractivity contribution in [3.8, 4) is 5.75 Å². The van der Waals surface area contributed by atoms with Crippen LogP contribution in [0.3, 0.4) is 0 Å². The van der Waals surface area contributed by atoms with Gasteiger partial charge in [0.05, 0.1) is 0 Å². The molecular formula is C8H7NaO4S. The summed E-state index contributed by atoms with van der Waals surface area (Å²) >= 11 is 0. The Morgan fingerprint density at radius 1 is 1.29 bits per heavy atom. The molecule has 0 saturated carbocycles. The third-order valence-corrected chi connectivity index (χ3v) is 1.71. The summed E-state index contributed by atoms with van der Waals surface area (Å²) < 4.78 is 34.6. The maximum Gasteiger partial charge on any atom is 1.00 e. The molecule has 0 spiro atoms. The van der Waals surface area contributed by atoms with Crippen molar-refractivity contribution in [1.82, 2.24) is 0 Å². The molecule has 0 aliphatic carbocycles. The van der Waals surface area contributed by atoms with Crippen molar-refractivity contribution < 1.29 is 46.7 Å². The number of hydrogen-bond donors (Lipinski definition) is 0. The predicted octanol–water partition coefficient (Wildman–Crippen LogP) is -1.83. The zero-order valence-corrected chi connectivity index (χ0v) is 10.5. The molecule has 0 N–H and O–H groups in total. The van der Waals surface area contributed by atoms with Gasteiger partial charge in [0, 0.05) is 0 Å². The summed E-state index contributed by atoms with van der Waals surface area (Å²) in [6.07, 6.45) is 1.59. The SMILES string of the molecule is C=Cc1ccc(OS(=O)(=O)[O-])cc1.[Na+]. The number of hydrogen-bond acceptors (Lipinski definition) is 4. The Bertz CT molecular complexity index is 396. The Labute approximate surface area is 105 Å². The minimum atomic E-state index is -4.67. The second kappa shape index (κ2) is 5.53. The molecule has 0 atom stereocenters. The first-order valence-electron chi connectivity index (χ1n) is 3.39. The van der Waals surface area contributed by atoms with Gasteiger partial charge in [-0.05, 0) is 17.7 Å². The second-order valence-electron chi connectivity index (χ2n) is 2.26. The fraction of sp³-hybridized carbons (Fsp3) is 0. The summed E-state index contributed by atoms with van der Waals surface area (Å²) in [5.41, 5.74) is 0.815. The maximum absolute atomic E-state index is 10.2. The third-order valence-electron chi connectivity index (χ3n) is 1.31. The van der Waals surface area contributed by atoms with E-state index < -0.39 is 10.4 Å². The molecule has 70 valence electrons. The molecule has 0 amide bonds. The average Bonchev–Trinajstić information content (AvgIpc) is 2.03. The summed E-state index contributed by atoms with van der Waals surface area (Å²) in [5, 5.41) is 0. The van der Waals surface area contributed by atoms with Crippen LogP contribution in [0.4, 0.5) is 0 Å². The summed E-state index contributed by atoms with van der Waals surface area (Å²) in [6.45, 7) is 3.51. The largest absolute Gasteiger partial charge is 1.00 e. The van der Waals surface area contributed by atoms with Crippen LogP contribution in [-0.4, -0.2) is 13.0 Å². The van der Waals surface area contributed by atoms with Gasteiger partial charge in [-0.2, -0.15) is 0 Å². The van der Waals surface area contributed by atoms with Crippen molar-refractivity contribution in [3.63, 3.8) is 0 Å². The Hall–Kier alpha value is -0.330. The van der Waals surface area contributed by atoms with Crippen LogP contribution in [0.5, 0.6) is 5.75 Å². The fourth-order valence-corrected chi connectivity index (χ4v) is 1.12. The molecule has 0 saturated heterocycles. The van der Waals surface area contributed by atoms with E-state index in [1.807, 2.05) is 0 Å². The smallest absolute Gasteiger partial charge is 0.716 e. The number of rotatable bonds is 3. The Morgan fingerprint density at radius 3 is 2.14 bits per heavy atom. The molecule has 0 unspecified atom stereocenters. The molecule has 6 heteroatoms. The van der Waals surface area contributed by atoms with E-state index in [9.17, 15) is 13.0 Å². The van der Waals surface area contributed by atoms with Gasteiger partial charge < -0.3 is 8.74 Å². The van der Waals surface area contributed by atoms with Crippen LogP contribution in [0.1, 0.15) is 5.56 Å². The molecule has 14 heavy (non-hydrogen) atoms. The van der Waals surface area contributed by atoms with Gasteiger partial charge in [-0.3, -0.25) is 0 Å². The monoisotopic (exact) mass is 222 g/mol. The molecule has 4 nitrogen and oxygen atoms in total. The standard InChI is InChI=1S/C8H8O4S.Na/c1-2-7-3-5-8(6-4-7)12-13(9,10)11;/h2-6H,1H2,(H,9,10,11);/q;+1/p-1. The van der Waals surface area contributed by atoms with E-state index in [4.69, 9.17) is 0 Å². The van der Waals surface area contributed by atoms with E-state index >= 15 is 0 Å². The molecule has 0 heterocycles. The van der Waals surface area contributed by atoms with E-state index in [1.54, 1.807) is 18.2 Å². The summed E-state index contributed by atoms with van der Waals surface area (Å²) in [7, 11) is -4.67. The van der Waals surface area contributed by atoms with Crippen LogP contribution in [0, 0.1) is 0 Å². The van der Waals surface area contributed by atoms with Crippen molar-refractivity contribution in [3.05, 3.63) is 36.4 Å². The summed E-state index contributed by atoms with van der Waals surface area (Å²) in [6, 6.07) is 5.94. The number of benzene rings is 1. The molecule has 0 aliphatic heterocycles. The quantitative estimate of drug-likeness (QED) is 0.343. The van der Waals surface area contributed by atoms with Crippen molar-refractivity contribution in [2.24, 2.45) is 0 Å². The topological polar surface area (TPSA) is 66.4 Å². The van der Waals surface area contributed by atoms with Gasteiger partial charge in [-0.1, -0.05) is 24.8 Å². The second-order valence-corrected chi connectivity index (χ2v) is 3.25. The van der Waals surface area contributed by atoms with Gasteiger partial charge in [0.15, 0.2) is 0 Å². The average molecular weight is 222 g/mol. The molecule has 1 aromatic rings. The first-order valence-corrected chi connectivity index (χ1v) is 4.72. The zero-order chi connectivity index (χ0) is 9.90. The van der Waals surface area contributed by atoms with E-state index in [0.29, 0.717) is 0 Å². The van der Waals surface area contributed by atoms with Crippen molar-refractivity contribution in [2.75, 3.05) is 0 Å². The Balaban J connectivity index is 0.00000169. The molecular weight excluding hydrogens is 215 g/mol. The minimum absolute atomic E-state index is 0. The molecule has 0 radical (unpaired) electrons. The summed E-state index contributed by atoms with van der Waals surface area (Å²) in [4.78, 5) is 0. The van der Waals surface area contributed by atoms with Crippen molar-refractivity contribution >= 4 is 16.5 Å². The van der Waals surface area contributed by atoms with Gasteiger partial charge in [-0.25, -0.2) is 8.42 Å². The van der Waals surface area contributed by atoms with Crippen LogP contribution in [-0.2, 0) is 10.4 Å². The predicted molar refractivity (Wildman–Crippen MR) is 46.9 cm³/mol. The van der Waals surface area contributed by atoms with E-state index in [-0.39, 0.29) is 35.3 Å². The van der Waals surface area contributed by atoms with Gasteiger partial charge in [0.2, 0.25) is 0 Å². The van der Waals surface area contributed by atoms with Gasteiger partial charge in [0.1, 0.15) is 5.75 Å². The molecule has 1 rings (SSSR count). The van der Waals surface area contributed by atoms with Gasteiger partial charge in [0.25, 0.3) is 10.4 Å². The van der Waals surface area contributed by atoms with Crippen molar-refractivity contribution in [2.45, 2.75) is 0 Å². The Kier molecular flexibility index (Phi) is 5.40. The Morgan fingerprint density at radius 2 is 1.79 bits per heavy atom. The first kappa shape index (κ1) is 13.7. The van der Waals surface area contributed by atoms with Crippen molar-refractivity contribution in [1.29, 1.82) is 0 Å². The van der Waals surface area contributed by atoms with Crippen LogP contribution in [0.15, 0.2) is 30.8 Å². The molecule has 1 aromatic carbocycles. The molecule has 0 bridgehead atoms. The van der Waals surface area contributed by atoms with Crippen LogP contribution < -0.4 is 33.7 Å². The first-order chi connectivity index (χ1) is 6.01. The van der Waals surface area contributed by atoms with Crippen LogP contribution in [0.25, 0.3) is 6.08 Å². The van der Waals surface area contributed by atoms with Crippen LogP contribution >= 0.6 is 0 Å². The van der Waals surface area contributed by atoms with E-state index in [0.717, 1.165) is 5.56 Å². The molecule has 0 aliphatic rings.